The predicted molar refractivity (Wildman–Crippen MR) is 56.6 cm³/mol. The number of rotatable bonds is 0. The monoisotopic (exact) mass is 348 g/mol. The van der Waals surface area contributed by atoms with Crippen LogP contribution >= 0.6 is 50.1 Å². The molecule has 0 bridgehead atoms. The Morgan fingerprint density at radius 2 is 2.18 bits per heavy atom. The van der Waals surface area contributed by atoms with Crippen LogP contribution in [0.2, 0.25) is 5.02 Å². The lowest BCUT2D eigenvalue weighted by atomic mass is 10.2. The fourth-order valence-corrected chi connectivity index (χ4v) is 2.46. The van der Waals surface area contributed by atoms with Crippen LogP contribution < -0.4 is 0 Å². The van der Waals surface area contributed by atoms with Crippen LogP contribution in [0, 0.1) is 16.3 Å². The molecule has 4 heteroatoms. The van der Waals surface area contributed by atoms with E-state index in [4.69, 9.17) is 11.6 Å². The molecule has 0 saturated carbocycles. The summed E-state index contributed by atoms with van der Waals surface area (Å²) in [5, 5.41) is 0.492. The Labute approximate surface area is 91.4 Å². The van der Waals surface area contributed by atoms with Crippen LogP contribution in [0.1, 0.15) is 5.56 Å². The van der Waals surface area contributed by atoms with Crippen molar-refractivity contribution in [1.82, 2.24) is 0 Å². The molecule has 0 spiro atoms. The van der Waals surface area contributed by atoms with Gasteiger partial charge in [-0.25, -0.2) is 4.39 Å². The lowest BCUT2D eigenvalue weighted by molar-refractivity contribution is 0.613. The van der Waals surface area contributed by atoms with E-state index in [0.29, 0.717) is 13.1 Å². The number of hydrogen-bond acceptors (Lipinski definition) is 0. The smallest absolute Gasteiger partial charge is 0.152 e. The summed E-state index contributed by atoms with van der Waals surface area (Å²) in [6.45, 7) is 1.84. The van der Waals surface area contributed by atoms with Gasteiger partial charge >= 0.3 is 0 Å². The van der Waals surface area contributed by atoms with Crippen molar-refractivity contribution in [2.24, 2.45) is 0 Å². The largest absolute Gasteiger partial charge is 0.205 e. The lowest BCUT2D eigenvalue weighted by Crippen LogP contribution is -1.88. The van der Waals surface area contributed by atoms with E-state index < -0.39 is 0 Å². The van der Waals surface area contributed by atoms with Crippen LogP contribution in [0.3, 0.4) is 0 Å². The molecule has 1 rings (SSSR count). The summed E-state index contributed by atoms with van der Waals surface area (Å²) < 4.78 is 14.0. The molecular formula is C7H4BrClFI. The summed E-state index contributed by atoms with van der Waals surface area (Å²) in [7, 11) is 0. The Kier molecular flexibility index (Phi) is 3.17. The van der Waals surface area contributed by atoms with Crippen LogP contribution in [0.25, 0.3) is 0 Å². The molecule has 0 aliphatic heterocycles. The first-order valence-corrected chi connectivity index (χ1v) is 5.08. The molecule has 0 fully saturated rings. The van der Waals surface area contributed by atoms with E-state index in [0.717, 1.165) is 5.56 Å². The van der Waals surface area contributed by atoms with Gasteiger partial charge in [-0.3, -0.25) is 0 Å². The zero-order valence-corrected chi connectivity index (χ0v) is 10.1. The van der Waals surface area contributed by atoms with Gasteiger partial charge in [-0.15, -0.1) is 0 Å². The van der Waals surface area contributed by atoms with Gasteiger partial charge < -0.3 is 0 Å². The van der Waals surface area contributed by atoms with Gasteiger partial charge in [-0.05, 0) is 57.1 Å². The number of hydrogen-bond donors (Lipinski definition) is 0. The third-order valence-corrected chi connectivity index (χ3v) is 3.68. The maximum Gasteiger partial charge on any atom is 0.152 e. The number of halogens is 4. The first-order chi connectivity index (χ1) is 5.04. The summed E-state index contributed by atoms with van der Waals surface area (Å²) in [5.74, 6) is -0.291. The Morgan fingerprint density at radius 1 is 1.64 bits per heavy atom. The van der Waals surface area contributed by atoms with E-state index in [1.54, 1.807) is 6.07 Å². The minimum Gasteiger partial charge on any atom is -0.205 e. The standard InChI is InChI=1S/C7H4BrClFI/c1-3-2-4(8)6(10)7(11)5(3)9/h2H,1H3. The average molecular weight is 349 g/mol. The molecule has 0 N–H and O–H groups in total. The van der Waals surface area contributed by atoms with Crippen molar-refractivity contribution in [1.29, 1.82) is 0 Å². The van der Waals surface area contributed by atoms with Crippen molar-refractivity contribution < 1.29 is 4.39 Å². The van der Waals surface area contributed by atoms with E-state index in [9.17, 15) is 4.39 Å². The highest BCUT2D eigenvalue weighted by Gasteiger charge is 2.10. The van der Waals surface area contributed by atoms with Gasteiger partial charge in [0.1, 0.15) is 0 Å². The number of aryl methyl sites for hydroxylation is 1. The molecule has 0 radical (unpaired) electrons. The molecule has 0 amide bonds. The summed E-state index contributed by atoms with van der Waals surface area (Å²) in [5.41, 5.74) is 0.879. The van der Waals surface area contributed by atoms with Crippen LogP contribution in [0.5, 0.6) is 0 Å². The third kappa shape index (κ3) is 1.87. The molecule has 1 aromatic carbocycles. The van der Waals surface area contributed by atoms with Crippen molar-refractivity contribution in [2.75, 3.05) is 0 Å². The van der Waals surface area contributed by atoms with E-state index in [-0.39, 0.29) is 5.82 Å². The quantitative estimate of drug-likeness (QED) is 0.375. The molecule has 0 aliphatic carbocycles. The SMILES string of the molecule is Cc1cc(Br)c(F)c(I)c1Cl. The molecule has 0 saturated heterocycles. The van der Waals surface area contributed by atoms with Crippen LogP contribution in [-0.2, 0) is 0 Å². The fourth-order valence-electron chi connectivity index (χ4n) is 0.691. The van der Waals surface area contributed by atoms with Gasteiger partial charge in [0, 0.05) is 0 Å². The summed E-state index contributed by atoms with van der Waals surface area (Å²) in [4.78, 5) is 0. The van der Waals surface area contributed by atoms with Gasteiger partial charge in [0.25, 0.3) is 0 Å². The summed E-state index contributed by atoms with van der Waals surface area (Å²) in [6.07, 6.45) is 0. The van der Waals surface area contributed by atoms with Crippen LogP contribution in [0.15, 0.2) is 10.5 Å². The Bertz CT molecular complexity index is 275. The molecule has 0 atom stereocenters. The molecule has 60 valence electrons. The van der Waals surface area contributed by atoms with Crippen LogP contribution in [-0.4, -0.2) is 0 Å². The highest BCUT2D eigenvalue weighted by molar-refractivity contribution is 14.1. The topological polar surface area (TPSA) is 0 Å². The molecule has 11 heavy (non-hydrogen) atoms. The minimum atomic E-state index is -0.291. The van der Waals surface area contributed by atoms with E-state index in [1.165, 1.54) is 0 Å². The van der Waals surface area contributed by atoms with Gasteiger partial charge in [-0.2, -0.15) is 0 Å². The number of benzene rings is 1. The van der Waals surface area contributed by atoms with E-state index >= 15 is 0 Å². The second-order valence-electron chi connectivity index (χ2n) is 2.12. The van der Waals surface area contributed by atoms with Crippen molar-refractivity contribution in [3.63, 3.8) is 0 Å². The zero-order valence-electron chi connectivity index (χ0n) is 5.59. The maximum atomic E-state index is 13.0. The van der Waals surface area contributed by atoms with Gasteiger partial charge in [-0.1, -0.05) is 11.6 Å². The normalized spacial score (nSPS) is 10.3. The second kappa shape index (κ2) is 3.58. The predicted octanol–water partition coefficient (Wildman–Crippen LogP) is 4.15. The Balaban J connectivity index is 3.46. The molecule has 0 nitrogen and oxygen atoms in total. The Hall–Kier alpha value is 0.650. The van der Waals surface area contributed by atoms with Crippen molar-refractivity contribution >= 4 is 50.1 Å². The second-order valence-corrected chi connectivity index (χ2v) is 4.43. The zero-order chi connectivity index (χ0) is 8.59. The molecule has 0 unspecified atom stereocenters. The third-order valence-electron chi connectivity index (χ3n) is 1.28. The highest BCUT2D eigenvalue weighted by Crippen LogP contribution is 2.30. The van der Waals surface area contributed by atoms with Crippen molar-refractivity contribution in [3.05, 3.63) is 30.5 Å². The molecule has 0 heterocycles. The van der Waals surface area contributed by atoms with Gasteiger partial charge in [0.2, 0.25) is 0 Å². The lowest BCUT2D eigenvalue weighted by Gasteiger charge is -2.03. The van der Waals surface area contributed by atoms with E-state index in [1.807, 2.05) is 29.5 Å². The average Bonchev–Trinajstić information content (AvgIpc) is 1.97. The van der Waals surface area contributed by atoms with Gasteiger partial charge in [0.05, 0.1) is 13.1 Å². The minimum absolute atomic E-state index is 0.291. The molecular weight excluding hydrogens is 345 g/mol. The molecule has 1 aromatic rings. The van der Waals surface area contributed by atoms with E-state index in [2.05, 4.69) is 15.9 Å². The molecule has 0 aromatic heterocycles. The van der Waals surface area contributed by atoms with Crippen molar-refractivity contribution in [2.45, 2.75) is 6.92 Å². The summed E-state index contributed by atoms with van der Waals surface area (Å²) >= 11 is 10.8. The first-order valence-electron chi connectivity index (χ1n) is 2.83. The summed E-state index contributed by atoms with van der Waals surface area (Å²) in [6, 6.07) is 1.67. The maximum absolute atomic E-state index is 13.0. The highest BCUT2D eigenvalue weighted by atomic mass is 127. The Morgan fingerprint density at radius 3 is 2.73 bits per heavy atom. The molecule has 0 aliphatic rings. The first kappa shape index (κ1) is 9.74. The fraction of sp³-hybridized carbons (Fsp3) is 0.143. The van der Waals surface area contributed by atoms with Crippen LogP contribution in [0.4, 0.5) is 4.39 Å². The van der Waals surface area contributed by atoms with Gasteiger partial charge in [0.15, 0.2) is 5.82 Å². The van der Waals surface area contributed by atoms with Crippen molar-refractivity contribution in [3.8, 4) is 0 Å².